The van der Waals surface area contributed by atoms with Gasteiger partial charge in [0.25, 0.3) is 0 Å². The lowest BCUT2D eigenvalue weighted by molar-refractivity contribution is -0.123. The van der Waals surface area contributed by atoms with Gasteiger partial charge in [-0.2, -0.15) is 0 Å². The maximum atomic E-state index is 13.3. The number of aliphatic hydroxyl groups is 1. The molecule has 0 aliphatic heterocycles. The molecule has 6 heteroatoms. The molecule has 0 aromatic heterocycles. The molecule has 0 radical (unpaired) electrons. The normalized spacial score (nSPS) is 12.2. The van der Waals surface area contributed by atoms with Crippen LogP contribution in [0.4, 0.5) is 4.39 Å². The molecule has 1 aromatic rings. The highest BCUT2D eigenvalue weighted by molar-refractivity contribution is 6.30. The average Bonchev–Trinajstić information content (AvgIpc) is 2.26. The Labute approximate surface area is 97.2 Å². The molecule has 0 saturated heterocycles. The van der Waals surface area contributed by atoms with Gasteiger partial charge >= 0.3 is 0 Å². The fourth-order valence-corrected chi connectivity index (χ4v) is 1.22. The van der Waals surface area contributed by atoms with E-state index in [-0.39, 0.29) is 6.54 Å². The third-order valence-corrected chi connectivity index (χ3v) is 2.24. The molecule has 4 N–H and O–H groups in total. The van der Waals surface area contributed by atoms with Crippen molar-refractivity contribution in [2.75, 3.05) is 6.61 Å². The molecular weight excluding hydrogens is 235 g/mol. The predicted molar refractivity (Wildman–Crippen MR) is 58.3 cm³/mol. The van der Waals surface area contributed by atoms with Gasteiger partial charge in [0.05, 0.1) is 6.61 Å². The maximum Gasteiger partial charge on any atom is 0.239 e. The first-order valence-electron chi connectivity index (χ1n) is 4.62. The summed E-state index contributed by atoms with van der Waals surface area (Å²) in [6, 6.07) is 3.17. The Balaban J connectivity index is 2.58. The summed E-state index contributed by atoms with van der Waals surface area (Å²) in [5.41, 5.74) is 5.57. The van der Waals surface area contributed by atoms with Crippen molar-refractivity contribution in [3.63, 3.8) is 0 Å². The van der Waals surface area contributed by atoms with E-state index in [0.717, 1.165) is 6.07 Å². The summed E-state index contributed by atoms with van der Waals surface area (Å²) >= 11 is 5.57. The topological polar surface area (TPSA) is 75.3 Å². The fourth-order valence-electron chi connectivity index (χ4n) is 1.06. The van der Waals surface area contributed by atoms with Crippen LogP contribution in [0.3, 0.4) is 0 Å². The number of carbonyl (C=O) groups is 1. The molecule has 1 unspecified atom stereocenters. The Morgan fingerprint density at radius 2 is 2.31 bits per heavy atom. The summed E-state index contributed by atoms with van der Waals surface area (Å²) < 4.78 is 13.3. The molecule has 1 rings (SSSR count). The number of nitrogens with one attached hydrogen (secondary N) is 1. The van der Waals surface area contributed by atoms with Crippen molar-refractivity contribution < 1.29 is 14.3 Å². The summed E-state index contributed by atoms with van der Waals surface area (Å²) in [5, 5.41) is 11.3. The molecule has 16 heavy (non-hydrogen) atoms. The maximum absolute atomic E-state index is 13.3. The third kappa shape index (κ3) is 3.44. The molecule has 1 aromatic carbocycles. The lowest BCUT2D eigenvalue weighted by Crippen LogP contribution is -2.42. The highest BCUT2D eigenvalue weighted by Crippen LogP contribution is 2.14. The zero-order valence-corrected chi connectivity index (χ0v) is 9.17. The minimum atomic E-state index is -0.990. The molecule has 0 fully saturated rings. The van der Waals surface area contributed by atoms with E-state index in [0.29, 0.717) is 10.6 Å². The Morgan fingerprint density at radius 3 is 2.88 bits per heavy atom. The van der Waals surface area contributed by atoms with Crippen molar-refractivity contribution in [1.29, 1.82) is 0 Å². The van der Waals surface area contributed by atoms with Gasteiger partial charge in [0.2, 0.25) is 5.91 Å². The van der Waals surface area contributed by atoms with Crippen molar-refractivity contribution >= 4 is 17.5 Å². The Kier molecular flexibility index (Phi) is 4.67. The molecular formula is C10H12ClFN2O2. The number of hydrogen-bond acceptors (Lipinski definition) is 3. The van der Waals surface area contributed by atoms with Gasteiger partial charge < -0.3 is 16.2 Å². The van der Waals surface area contributed by atoms with Crippen molar-refractivity contribution in [2.45, 2.75) is 12.6 Å². The minimum Gasteiger partial charge on any atom is -0.394 e. The SMILES string of the molecule is NC(CO)C(=O)NCc1ccc(Cl)cc1F. The number of carbonyl (C=O) groups excluding carboxylic acids is 1. The van der Waals surface area contributed by atoms with Crippen LogP contribution in [-0.2, 0) is 11.3 Å². The summed E-state index contributed by atoms with van der Waals surface area (Å²) in [4.78, 5) is 11.2. The van der Waals surface area contributed by atoms with Crippen LogP contribution in [0.15, 0.2) is 18.2 Å². The van der Waals surface area contributed by atoms with Gasteiger partial charge in [-0.3, -0.25) is 4.79 Å². The van der Waals surface area contributed by atoms with Gasteiger partial charge in [0.1, 0.15) is 11.9 Å². The second kappa shape index (κ2) is 5.79. The van der Waals surface area contributed by atoms with E-state index in [2.05, 4.69) is 5.32 Å². The van der Waals surface area contributed by atoms with Gasteiger partial charge in [-0.05, 0) is 12.1 Å². The van der Waals surface area contributed by atoms with Crippen LogP contribution in [0, 0.1) is 5.82 Å². The van der Waals surface area contributed by atoms with Crippen LogP contribution in [-0.4, -0.2) is 23.7 Å². The van der Waals surface area contributed by atoms with Crippen molar-refractivity contribution in [3.05, 3.63) is 34.6 Å². The van der Waals surface area contributed by atoms with Crippen molar-refractivity contribution in [1.82, 2.24) is 5.32 Å². The van der Waals surface area contributed by atoms with Crippen LogP contribution in [0.2, 0.25) is 5.02 Å². The summed E-state index contributed by atoms with van der Waals surface area (Å²) in [6.07, 6.45) is 0. The lowest BCUT2D eigenvalue weighted by Gasteiger charge is -2.10. The zero-order chi connectivity index (χ0) is 12.1. The quantitative estimate of drug-likeness (QED) is 0.721. The highest BCUT2D eigenvalue weighted by Gasteiger charge is 2.12. The molecule has 0 spiro atoms. The van der Waals surface area contributed by atoms with Gasteiger partial charge in [-0.25, -0.2) is 4.39 Å². The molecule has 0 aliphatic carbocycles. The highest BCUT2D eigenvalue weighted by atomic mass is 35.5. The average molecular weight is 247 g/mol. The van der Waals surface area contributed by atoms with Gasteiger partial charge in [-0.1, -0.05) is 17.7 Å². The molecule has 0 bridgehead atoms. The van der Waals surface area contributed by atoms with Crippen LogP contribution < -0.4 is 11.1 Å². The lowest BCUT2D eigenvalue weighted by atomic mass is 10.2. The van der Waals surface area contributed by atoms with E-state index in [1.807, 2.05) is 0 Å². The first-order chi connectivity index (χ1) is 7.54. The first kappa shape index (κ1) is 12.9. The van der Waals surface area contributed by atoms with E-state index >= 15 is 0 Å². The van der Waals surface area contributed by atoms with Crippen LogP contribution in [0.25, 0.3) is 0 Å². The number of rotatable bonds is 4. The second-order valence-electron chi connectivity index (χ2n) is 3.24. The zero-order valence-electron chi connectivity index (χ0n) is 8.41. The number of halogens is 2. The van der Waals surface area contributed by atoms with Crippen molar-refractivity contribution in [2.24, 2.45) is 5.73 Å². The van der Waals surface area contributed by atoms with E-state index in [4.69, 9.17) is 22.4 Å². The number of aliphatic hydroxyl groups excluding tert-OH is 1. The van der Waals surface area contributed by atoms with Crippen molar-refractivity contribution in [3.8, 4) is 0 Å². The number of hydrogen-bond donors (Lipinski definition) is 3. The Hall–Kier alpha value is -1.17. The van der Waals surface area contributed by atoms with Crippen LogP contribution >= 0.6 is 11.6 Å². The molecule has 1 amide bonds. The third-order valence-electron chi connectivity index (χ3n) is 2.00. The smallest absolute Gasteiger partial charge is 0.239 e. The van der Waals surface area contributed by atoms with Crippen LogP contribution in [0.5, 0.6) is 0 Å². The summed E-state index contributed by atoms with van der Waals surface area (Å²) in [6.45, 7) is -0.440. The molecule has 0 saturated carbocycles. The van der Waals surface area contributed by atoms with Gasteiger partial charge in [0.15, 0.2) is 0 Å². The summed E-state index contributed by atoms with van der Waals surface area (Å²) in [5.74, 6) is -1.03. The molecule has 1 atom stereocenters. The number of nitrogens with two attached hydrogens (primary N) is 1. The molecule has 0 heterocycles. The minimum absolute atomic E-state index is 0.00946. The largest absolute Gasteiger partial charge is 0.394 e. The van der Waals surface area contributed by atoms with Gasteiger partial charge in [0, 0.05) is 17.1 Å². The van der Waals surface area contributed by atoms with E-state index < -0.39 is 24.4 Å². The standard InChI is InChI=1S/C10H12ClFN2O2/c11-7-2-1-6(8(12)3-7)4-14-10(16)9(13)5-15/h1-3,9,15H,4-5,13H2,(H,14,16). The summed E-state index contributed by atoms with van der Waals surface area (Å²) in [7, 11) is 0. The number of amides is 1. The van der Waals surface area contributed by atoms with E-state index in [9.17, 15) is 9.18 Å². The molecule has 0 aliphatic rings. The number of benzene rings is 1. The second-order valence-corrected chi connectivity index (χ2v) is 3.68. The Morgan fingerprint density at radius 1 is 1.62 bits per heavy atom. The van der Waals surface area contributed by atoms with Crippen LogP contribution in [0.1, 0.15) is 5.56 Å². The molecule has 88 valence electrons. The first-order valence-corrected chi connectivity index (χ1v) is 5.00. The van der Waals surface area contributed by atoms with Gasteiger partial charge in [-0.15, -0.1) is 0 Å². The predicted octanol–water partition coefficient (Wildman–Crippen LogP) is 0.415. The fraction of sp³-hybridized carbons (Fsp3) is 0.300. The van der Waals surface area contributed by atoms with E-state index in [1.165, 1.54) is 12.1 Å². The Bertz CT molecular complexity index is 387. The molecule has 4 nitrogen and oxygen atoms in total. The van der Waals surface area contributed by atoms with E-state index in [1.54, 1.807) is 0 Å². The monoisotopic (exact) mass is 246 g/mol.